The lowest BCUT2D eigenvalue weighted by Gasteiger charge is -2.28. The monoisotopic (exact) mass is 553 g/mol. The van der Waals surface area contributed by atoms with Gasteiger partial charge in [-0.3, -0.25) is 4.79 Å². The third kappa shape index (κ3) is 4.83. The lowest BCUT2D eigenvalue weighted by Crippen LogP contribution is -2.36. The molecule has 208 valence electrons. The third-order valence-electron chi connectivity index (χ3n) is 6.88. The van der Waals surface area contributed by atoms with Crippen molar-refractivity contribution in [2.24, 2.45) is 0 Å². The number of halogens is 3. The van der Waals surface area contributed by atoms with Crippen molar-refractivity contribution in [3.63, 3.8) is 0 Å². The number of benzene rings is 2. The fourth-order valence-corrected chi connectivity index (χ4v) is 5.00. The van der Waals surface area contributed by atoms with Gasteiger partial charge in [0.25, 0.3) is 0 Å². The van der Waals surface area contributed by atoms with E-state index in [9.17, 15) is 14.7 Å². The molecule has 1 saturated heterocycles. The molecule has 0 spiro atoms. The van der Waals surface area contributed by atoms with E-state index in [1.54, 1.807) is 12.3 Å². The summed E-state index contributed by atoms with van der Waals surface area (Å²) < 4.78 is 58.9. The highest BCUT2D eigenvalue weighted by atomic mass is 19.1. The molecule has 3 heterocycles. The highest BCUT2D eigenvalue weighted by molar-refractivity contribution is 5.95. The SMILES string of the molecule is CCOC(=O)c1cn(-c2ccc(O)cc2F)c2c(F)c(N3CCC[C@@H]3COc3ncccc3C)c(F)cc2c1=O. The molecule has 1 atom stereocenters. The fourth-order valence-electron chi connectivity index (χ4n) is 5.00. The Hall–Kier alpha value is -4.54. The maximum Gasteiger partial charge on any atom is 0.343 e. The zero-order valence-electron chi connectivity index (χ0n) is 21.8. The summed E-state index contributed by atoms with van der Waals surface area (Å²) in [5, 5.41) is 9.23. The Labute approximate surface area is 227 Å². The molecular formula is C29H26F3N3O5. The van der Waals surface area contributed by atoms with Gasteiger partial charge in [-0.05, 0) is 51.0 Å². The molecule has 4 aromatic rings. The number of phenolic OH excluding ortho intramolecular Hbond substituents is 1. The normalized spacial score (nSPS) is 15.0. The van der Waals surface area contributed by atoms with Gasteiger partial charge in [-0.2, -0.15) is 0 Å². The number of phenols is 1. The second-order valence-corrected chi connectivity index (χ2v) is 9.44. The molecule has 8 nitrogen and oxygen atoms in total. The minimum Gasteiger partial charge on any atom is -0.508 e. The van der Waals surface area contributed by atoms with Gasteiger partial charge in [-0.25, -0.2) is 22.9 Å². The van der Waals surface area contributed by atoms with E-state index < -0.39 is 57.0 Å². The smallest absolute Gasteiger partial charge is 0.343 e. The number of nitrogens with zero attached hydrogens (tertiary/aromatic N) is 3. The molecule has 0 bridgehead atoms. The lowest BCUT2D eigenvalue weighted by atomic mass is 10.1. The standard InChI is InChI=1S/C29H26F3N3O5/c1-3-39-29(38)20-14-35(23-9-8-18(36)12-21(23)30)25-19(27(20)37)13-22(31)26(24(25)32)34-11-5-7-17(34)15-40-28-16(2)6-4-10-33-28/h4,6,8-10,12-14,17,36H,3,5,7,11,15H2,1-2H3/t17-/m1/s1. The Morgan fingerprint density at radius 2 is 1.98 bits per heavy atom. The van der Waals surface area contributed by atoms with Crippen molar-refractivity contribution < 1.29 is 32.5 Å². The maximum atomic E-state index is 16.4. The predicted octanol–water partition coefficient (Wildman–Crippen LogP) is 5.04. The zero-order valence-corrected chi connectivity index (χ0v) is 21.8. The number of aryl methyl sites for hydroxylation is 1. The van der Waals surface area contributed by atoms with Crippen molar-refractivity contribution in [3.8, 4) is 17.3 Å². The number of pyridine rings is 2. The van der Waals surface area contributed by atoms with E-state index >= 15 is 13.2 Å². The third-order valence-corrected chi connectivity index (χ3v) is 6.88. The Balaban J connectivity index is 1.67. The predicted molar refractivity (Wildman–Crippen MR) is 142 cm³/mol. The largest absolute Gasteiger partial charge is 0.508 e. The summed E-state index contributed by atoms with van der Waals surface area (Å²) in [5.41, 5.74) is -1.75. The van der Waals surface area contributed by atoms with Gasteiger partial charge in [-0.1, -0.05) is 6.07 Å². The number of fused-ring (bicyclic) bond motifs is 1. The van der Waals surface area contributed by atoms with Crippen molar-refractivity contribution in [1.82, 2.24) is 9.55 Å². The first-order valence-corrected chi connectivity index (χ1v) is 12.8. The van der Waals surface area contributed by atoms with Crippen LogP contribution >= 0.6 is 0 Å². The highest BCUT2D eigenvalue weighted by Gasteiger charge is 2.33. The van der Waals surface area contributed by atoms with Crippen LogP contribution < -0.4 is 15.1 Å². The fraction of sp³-hybridized carbons (Fsp3) is 0.276. The van der Waals surface area contributed by atoms with Crippen LogP contribution in [0.5, 0.6) is 11.6 Å². The molecule has 0 amide bonds. The molecule has 11 heteroatoms. The summed E-state index contributed by atoms with van der Waals surface area (Å²) in [4.78, 5) is 31.5. The highest BCUT2D eigenvalue weighted by Crippen LogP contribution is 2.36. The van der Waals surface area contributed by atoms with Crippen LogP contribution in [0.4, 0.5) is 18.9 Å². The molecule has 2 aromatic heterocycles. The first-order chi connectivity index (χ1) is 19.2. The lowest BCUT2D eigenvalue weighted by molar-refractivity contribution is 0.0524. The Bertz CT molecular complexity index is 1670. The number of aromatic nitrogens is 2. The van der Waals surface area contributed by atoms with Gasteiger partial charge in [-0.15, -0.1) is 0 Å². The minimum absolute atomic E-state index is 0.0536. The molecule has 1 aliphatic rings. The van der Waals surface area contributed by atoms with E-state index in [4.69, 9.17) is 9.47 Å². The zero-order chi connectivity index (χ0) is 28.6. The molecule has 1 N–H and O–H groups in total. The molecule has 0 radical (unpaired) electrons. The van der Waals surface area contributed by atoms with Crippen LogP contribution in [0.3, 0.4) is 0 Å². The molecule has 5 rings (SSSR count). The number of aromatic hydroxyl groups is 1. The van der Waals surface area contributed by atoms with Crippen molar-refractivity contribution in [2.75, 3.05) is 24.7 Å². The molecule has 2 aromatic carbocycles. The number of ether oxygens (including phenoxy) is 2. The number of rotatable bonds is 7. The van der Waals surface area contributed by atoms with E-state index in [0.717, 1.165) is 34.5 Å². The molecule has 1 aliphatic heterocycles. The topological polar surface area (TPSA) is 93.9 Å². The number of hydrogen-bond donors (Lipinski definition) is 1. The van der Waals surface area contributed by atoms with E-state index in [-0.39, 0.29) is 24.7 Å². The Morgan fingerprint density at radius 1 is 1.18 bits per heavy atom. The first kappa shape index (κ1) is 27.0. The van der Waals surface area contributed by atoms with Gasteiger partial charge in [0.05, 0.1) is 29.2 Å². The quantitative estimate of drug-likeness (QED) is 0.321. The van der Waals surface area contributed by atoms with Crippen LogP contribution in [0.2, 0.25) is 0 Å². The van der Waals surface area contributed by atoms with Crippen molar-refractivity contribution in [3.05, 3.63) is 87.6 Å². The van der Waals surface area contributed by atoms with Gasteiger partial charge in [0.15, 0.2) is 11.6 Å². The Kier molecular flexibility index (Phi) is 7.38. The molecule has 1 fully saturated rings. The number of hydrogen-bond acceptors (Lipinski definition) is 7. The summed E-state index contributed by atoms with van der Waals surface area (Å²) in [5.74, 6) is -4.06. The average Bonchev–Trinajstić information content (AvgIpc) is 3.37. The van der Waals surface area contributed by atoms with Gasteiger partial charge < -0.3 is 24.0 Å². The van der Waals surface area contributed by atoms with Crippen LogP contribution in [0.25, 0.3) is 16.6 Å². The molecule has 0 saturated carbocycles. The number of carbonyl (C=O) groups is 1. The molecule has 0 aliphatic carbocycles. The van der Waals surface area contributed by atoms with Gasteiger partial charge in [0.2, 0.25) is 11.3 Å². The van der Waals surface area contributed by atoms with Crippen molar-refractivity contribution in [2.45, 2.75) is 32.7 Å². The van der Waals surface area contributed by atoms with Crippen LogP contribution in [0.1, 0.15) is 35.7 Å². The first-order valence-electron chi connectivity index (χ1n) is 12.8. The summed E-state index contributed by atoms with van der Waals surface area (Å²) in [6.45, 7) is 3.74. The second kappa shape index (κ2) is 10.9. The maximum absolute atomic E-state index is 16.4. The van der Waals surface area contributed by atoms with Gasteiger partial charge >= 0.3 is 5.97 Å². The van der Waals surface area contributed by atoms with Crippen LogP contribution in [0, 0.1) is 24.4 Å². The molecular weight excluding hydrogens is 527 g/mol. The van der Waals surface area contributed by atoms with E-state index in [1.165, 1.54) is 17.9 Å². The summed E-state index contributed by atoms with van der Waals surface area (Å²) >= 11 is 0. The average molecular weight is 554 g/mol. The van der Waals surface area contributed by atoms with Crippen LogP contribution in [0.15, 0.2) is 53.6 Å². The van der Waals surface area contributed by atoms with Crippen LogP contribution in [-0.2, 0) is 4.74 Å². The minimum atomic E-state index is -1.10. The molecule has 40 heavy (non-hydrogen) atoms. The number of carbonyl (C=O) groups excluding carboxylic acids is 1. The van der Waals surface area contributed by atoms with Crippen molar-refractivity contribution in [1.29, 1.82) is 0 Å². The van der Waals surface area contributed by atoms with Gasteiger partial charge in [0, 0.05) is 30.6 Å². The van der Waals surface area contributed by atoms with E-state index in [2.05, 4.69) is 4.98 Å². The summed E-state index contributed by atoms with van der Waals surface area (Å²) in [6, 6.07) is 7.19. The molecule has 0 unspecified atom stereocenters. The van der Waals surface area contributed by atoms with E-state index in [0.29, 0.717) is 25.3 Å². The summed E-state index contributed by atoms with van der Waals surface area (Å²) in [6.07, 6.45) is 3.78. The van der Waals surface area contributed by atoms with Crippen molar-refractivity contribution >= 4 is 22.6 Å². The second-order valence-electron chi connectivity index (χ2n) is 9.44. The van der Waals surface area contributed by atoms with Gasteiger partial charge in [0.1, 0.15) is 29.4 Å². The number of esters is 1. The Morgan fingerprint density at radius 3 is 2.70 bits per heavy atom. The number of anilines is 1. The summed E-state index contributed by atoms with van der Waals surface area (Å²) in [7, 11) is 0. The van der Waals surface area contributed by atoms with E-state index in [1.807, 2.05) is 13.0 Å². The van der Waals surface area contributed by atoms with Crippen LogP contribution in [-0.4, -0.2) is 46.4 Å².